The summed E-state index contributed by atoms with van der Waals surface area (Å²) in [5, 5.41) is 0. The molecule has 0 radical (unpaired) electrons. The number of imidazole rings is 1. The molecule has 0 bridgehead atoms. The van der Waals surface area contributed by atoms with Crippen LogP contribution in [0.3, 0.4) is 0 Å². The maximum absolute atomic E-state index is 11.5. The lowest BCUT2D eigenvalue weighted by Gasteiger charge is -2.05. The number of benzene rings is 1. The summed E-state index contributed by atoms with van der Waals surface area (Å²) in [5.74, 6) is 0. The second-order valence-electron chi connectivity index (χ2n) is 5.22. The molecule has 0 atom stereocenters. The van der Waals surface area contributed by atoms with Crippen LogP contribution in [0.15, 0.2) is 36.5 Å². The van der Waals surface area contributed by atoms with E-state index in [0.29, 0.717) is 5.69 Å². The van der Waals surface area contributed by atoms with Gasteiger partial charge >= 0.3 is 0 Å². The van der Waals surface area contributed by atoms with Gasteiger partial charge in [-0.05, 0) is 38.0 Å². The van der Waals surface area contributed by atoms with Crippen LogP contribution in [0.25, 0.3) is 16.9 Å². The molecule has 100 valence electrons. The molecule has 0 N–H and O–H groups in total. The van der Waals surface area contributed by atoms with E-state index in [0.717, 1.165) is 34.3 Å². The van der Waals surface area contributed by atoms with E-state index in [2.05, 4.69) is 18.0 Å². The van der Waals surface area contributed by atoms with Gasteiger partial charge in [-0.25, -0.2) is 4.98 Å². The highest BCUT2D eigenvalue weighted by Gasteiger charge is 2.15. The predicted octanol–water partition coefficient (Wildman–Crippen LogP) is 3.74. The van der Waals surface area contributed by atoms with Crippen molar-refractivity contribution in [3.8, 4) is 11.3 Å². The zero-order chi connectivity index (χ0) is 14.3. The van der Waals surface area contributed by atoms with Crippen molar-refractivity contribution in [3.05, 3.63) is 58.9 Å². The van der Waals surface area contributed by atoms with E-state index in [1.54, 1.807) is 0 Å². The number of fused-ring (bicyclic) bond motifs is 1. The third kappa shape index (κ3) is 1.92. The van der Waals surface area contributed by atoms with Gasteiger partial charge < -0.3 is 0 Å². The van der Waals surface area contributed by atoms with E-state index in [-0.39, 0.29) is 0 Å². The Morgan fingerprint density at radius 3 is 2.50 bits per heavy atom. The first-order valence-electron chi connectivity index (χ1n) is 6.61. The molecule has 3 heteroatoms. The highest BCUT2D eigenvalue weighted by Crippen LogP contribution is 2.27. The Morgan fingerprint density at radius 2 is 1.80 bits per heavy atom. The average Bonchev–Trinajstić information content (AvgIpc) is 2.76. The fourth-order valence-electron chi connectivity index (χ4n) is 2.56. The van der Waals surface area contributed by atoms with E-state index < -0.39 is 0 Å². The number of pyridine rings is 1. The van der Waals surface area contributed by atoms with Crippen LogP contribution in [0.4, 0.5) is 0 Å². The number of rotatable bonds is 2. The Labute approximate surface area is 117 Å². The van der Waals surface area contributed by atoms with Gasteiger partial charge in [0.25, 0.3) is 0 Å². The lowest BCUT2D eigenvalue weighted by Crippen LogP contribution is -1.94. The van der Waals surface area contributed by atoms with Crippen LogP contribution in [-0.2, 0) is 0 Å². The molecule has 0 saturated carbocycles. The van der Waals surface area contributed by atoms with E-state index in [1.165, 1.54) is 5.56 Å². The van der Waals surface area contributed by atoms with Crippen molar-refractivity contribution in [3.63, 3.8) is 0 Å². The monoisotopic (exact) mass is 264 g/mol. The fourth-order valence-corrected chi connectivity index (χ4v) is 2.56. The molecule has 0 saturated heterocycles. The highest BCUT2D eigenvalue weighted by atomic mass is 16.1. The summed E-state index contributed by atoms with van der Waals surface area (Å²) < 4.78 is 1.86. The van der Waals surface area contributed by atoms with Crippen LogP contribution in [0.2, 0.25) is 0 Å². The number of nitrogens with zero attached hydrogens (tertiary/aromatic N) is 2. The molecule has 3 aromatic rings. The van der Waals surface area contributed by atoms with E-state index in [1.807, 2.05) is 48.7 Å². The first kappa shape index (κ1) is 12.6. The number of aryl methyl sites for hydroxylation is 3. The maximum atomic E-state index is 11.5. The molecule has 1 aromatic carbocycles. The Kier molecular flexibility index (Phi) is 2.90. The van der Waals surface area contributed by atoms with Crippen molar-refractivity contribution >= 4 is 11.9 Å². The first-order chi connectivity index (χ1) is 9.60. The number of hydrogen-bond donors (Lipinski definition) is 0. The normalized spacial score (nSPS) is 10.9. The second-order valence-corrected chi connectivity index (χ2v) is 5.22. The van der Waals surface area contributed by atoms with Gasteiger partial charge in [0.1, 0.15) is 17.0 Å². The summed E-state index contributed by atoms with van der Waals surface area (Å²) in [7, 11) is 0. The van der Waals surface area contributed by atoms with Gasteiger partial charge in [-0.15, -0.1) is 0 Å². The molecule has 20 heavy (non-hydrogen) atoms. The summed E-state index contributed by atoms with van der Waals surface area (Å²) in [5.41, 5.74) is 6.61. The number of aromatic nitrogens is 2. The van der Waals surface area contributed by atoms with Crippen LogP contribution in [0, 0.1) is 20.8 Å². The molecule has 0 aliphatic heterocycles. The zero-order valence-corrected chi connectivity index (χ0v) is 11.8. The Bertz CT molecular complexity index is 815. The molecule has 0 aliphatic carbocycles. The van der Waals surface area contributed by atoms with Crippen LogP contribution in [0.1, 0.15) is 27.2 Å². The molecule has 2 heterocycles. The molecule has 0 spiro atoms. The number of hydrogen-bond acceptors (Lipinski definition) is 2. The number of aldehydes is 1. The SMILES string of the molecule is Cc1ccc(-c2nc3ccc(C)cn3c2C=O)c(C)c1. The minimum absolute atomic E-state index is 0.607. The Balaban J connectivity index is 2.33. The van der Waals surface area contributed by atoms with Gasteiger partial charge in [-0.1, -0.05) is 29.8 Å². The minimum atomic E-state index is 0.607. The molecule has 3 nitrogen and oxygen atoms in total. The summed E-state index contributed by atoms with van der Waals surface area (Å²) in [6, 6.07) is 10.1. The predicted molar refractivity (Wildman–Crippen MR) is 80.2 cm³/mol. The largest absolute Gasteiger partial charge is 0.296 e. The summed E-state index contributed by atoms with van der Waals surface area (Å²) in [6.07, 6.45) is 2.83. The van der Waals surface area contributed by atoms with Crippen molar-refractivity contribution in [2.24, 2.45) is 0 Å². The van der Waals surface area contributed by atoms with Crippen molar-refractivity contribution in [1.29, 1.82) is 0 Å². The van der Waals surface area contributed by atoms with E-state index >= 15 is 0 Å². The molecule has 0 aliphatic rings. The second kappa shape index (κ2) is 4.60. The van der Waals surface area contributed by atoms with Crippen LogP contribution < -0.4 is 0 Å². The van der Waals surface area contributed by atoms with Crippen molar-refractivity contribution in [1.82, 2.24) is 9.38 Å². The van der Waals surface area contributed by atoms with Gasteiger partial charge in [-0.3, -0.25) is 9.20 Å². The molecule has 2 aromatic heterocycles. The van der Waals surface area contributed by atoms with Gasteiger partial charge in [0, 0.05) is 11.8 Å². The first-order valence-corrected chi connectivity index (χ1v) is 6.61. The summed E-state index contributed by atoms with van der Waals surface area (Å²) >= 11 is 0. The van der Waals surface area contributed by atoms with Gasteiger partial charge in [0.15, 0.2) is 6.29 Å². The summed E-state index contributed by atoms with van der Waals surface area (Å²) in [6.45, 7) is 6.11. The van der Waals surface area contributed by atoms with Gasteiger partial charge in [0.05, 0.1) is 0 Å². The highest BCUT2D eigenvalue weighted by molar-refractivity contribution is 5.87. The molecule has 0 fully saturated rings. The lowest BCUT2D eigenvalue weighted by atomic mass is 10.0. The number of carbonyl (C=O) groups is 1. The molecule has 3 rings (SSSR count). The van der Waals surface area contributed by atoms with Crippen molar-refractivity contribution in [2.45, 2.75) is 20.8 Å². The topological polar surface area (TPSA) is 34.4 Å². The van der Waals surface area contributed by atoms with Crippen molar-refractivity contribution < 1.29 is 4.79 Å². The number of carbonyl (C=O) groups excluding carboxylic acids is 1. The minimum Gasteiger partial charge on any atom is -0.296 e. The van der Waals surface area contributed by atoms with Gasteiger partial charge in [-0.2, -0.15) is 0 Å². The third-order valence-corrected chi connectivity index (χ3v) is 3.55. The van der Waals surface area contributed by atoms with Crippen molar-refractivity contribution in [2.75, 3.05) is 0 Å². The Hall–Kier alpha value is -2.42. The van der Waals surface area contributed by atoms with Crippen LogP contribution in [0.5, 0.6) is 0 Å². The van der Waals surface area contributed by atoms with Gasteiger partial charge in [0.2, 0.25) is 0 Å². The quantitative estimate of drug-likeness (QED) is 0.661. The zero-order valence-electron chi connectivity index (χ0n) is 11.8. The van der Waals surface area contributed by atoms with Crippen LogP contribution in [-0.4, -0.2) is 15.7 Å². The van der Waals surface area contributed by atoms with E-state index in [9.17, 15) is 4.79 Å². The van der Waals surface area contributed by atoms with E-state index in [4.69, 9.17) is 0 Å². The molecular weight excluding hydrogens is 248 g/mol. The molecular formula is C17H16N2O. The lowest BCUT2D eigenvalue weighted by molar-refractivity contribution is 0.111. The third-order valence-electron chi connectivity index (χ3n) is 3.55. The molecule has 0 amide bonds. The molecule has 0 unspecified atom stereocenters. The summed E-state index contributed by atoms with van der Waals surface area (Å²) in [4.78, 5) is 16.1. The fraction of sp³-hybridized carbons (Fsp3) is 0.176. The average molecular weight is 264 g/mol. The maximum Gasteiger partial charge on any atom is 0.169 e. The Morgan fingerprint density at radius 1 is 1.05 bits per heavy atom. The standard InChI is InChI=1S/C17H16N2O/c1-11-4-6-14(13(3)8-11)17-15(10-20)19-9-12(2)5-7-16(19)18-17/h4-10H,1-3H3. The van der Waals surface area contributed by atoms with Crippen LogP contribution >= 0.6 is 0 Å². The smallest absolute Gasteiger partial charge is 0.169 e.